The van der Waals surface area contributed by atoms with Crippen molar-refractivity contribution in [3.63, 3.8) is 0 Å². The van der Waals surface area contributed by atoms with Crippen molar-refractivity contribution in [2.45, 2.75) is 27.2 Å². The summed E-state index contributed by atoms with van der Waals surface area (Å²) in [5, 5.41) is 5.07. The average Bonchev–Trinajstić information content (AvgIpc) is 2.76. The number of hydrogen-bond donors (Lipinski definition) is 0. The number of hydrogen-bond acceptors (Lipinski definition) is 3. The lowest BCUT2D eigenvalue weighted by Gasteiger charge is -2.10. The summed E-state index contributed by atoms with van der Waals surface area (Å²) in [5.74, 6) is 0.526. The highest BCUT2D eigenvalue weighted by atomic mass is 79.9. The van der Waals surface area contributed by atoms with E-state index in [1.54, 1.807) is 12.3 Å². The molecule has 0 unspecified atom stereocenters. The number of aromatic nitrogens is 2. The fraction of sp³-hybridized carbons (Fsp3) is 0.160. The molecule has 0 fully saturated rings. The summed E-state index contributed by atoms with van der Waals surface area (Å²) in [7, 11) is 0. The number of aryl methyl sites for hydroxylation is 3. The first-order valence-electron chi connectivity index (χ1n) is 9.89. The molecule has 0 saturated heterocycles. The van der Waals surface area contributed by atoms with Crippen molar-refractivity contribution in [2.24, 2.45) is 5.10 Å². The van der Waals surface area contributed by atoms with Gasteiger partial charge in [-0.2, -0.15) is 9.78 Å². The van der Waals surface area contributed by atoms with E-state index in [9.17, 15) is 4.79 Å². The number of fused-ring (bicyclic) bond motifs is 1. The standard InChI is InChI=1S/C25H22BrN3O/c1-4-18-7-9-20(10-8-18)24-28-23-12-11-21(26)14-22(23)25(30)29(24)27-15-19-6-5-16(2)17(3)13-19/h5-15H,4H2,1-3H3. The van der Waals surface area contributed by atoms with Crippen LogP contribution in [0.3, 0.4) is 0 Å². The Bertz CT molecular complexity index is 1320. The molecule has 1 aromatic heterocycles. The molecule has 30 heavy (non-hydrogen) atoms. The van der Waals surface area contributed by atoms with Crippen LogP contribution in [-0.2, 0) is 6.42 Å². The molecular formula is C25H22BrN3O. The summed E-state index contributed by atoms with van der Waals surface area (Å²) in [5.41, 5.74) is 5.88. The second-order valence-corrected chi connectivity index (χ2v) is 8.27. The predicted molar refractivity (Wildman–Crippen MR) is 127 cm³/mol. The van der Waals surface area contributed by atoms with Crippen LogP contribution in [0.2, 0.25) is 0 Å². The molecule has 0 radical (unpaired) electrons. The SMILES string of the molecule is CCc1ccc(-c2nc3ccc(Br)cc3c(=O)n2N=Cc2ccc(C)c(C)c2)cc1. The normalized spacial score (nSPS) is 11.5. The number of nitrogens with zero attached hydrogens (tertiary/aromatic N) is 3. The van der Waals surface area contributed by atoms with E-state index in [-0.39, 0.29) is 5.56 Å². The van der Waals surface area contributed by atoms with Gasteiger partial charge in [0.1, 0.15) is 0 Å². The largest absolute Gasteiger partial charge is 0.282 e. The van der Waals surface area contributed by atoms with Gasteiger partial charge >= 0.3 is 0 Å². The maximum absolute atomic E-state index is 13.3. The molecule has 0 aliphatic rings. The molecule has 0 aliphatic carbocycles. The molecule has 4 rings (SSSR count). The lowest BCUT2D eigenvalue weighted by atomic mass is 10.1. The lowest BCUT2D eigenvalue weighted by molar-refractivity contribution is 0.829. The van der Waals surface area contributed by atoms with Crippen LogP contribution < -0.4 is 5.56 Å². The Balaban J connectivity index is 1.92. The molecule has 0 amide bonds. The fourth-order valence-corrected chi connectivity index (χ4v) is 3.66. The van der Waals surface area contributed by atoms with Crippen LogP contribution in [0.15, 0.2) is 75.0 Å². The third kappa shape index (κ3) is 3.98. The van der Waals surface area contributed by atoms with E-state index in [1.165, 1.54) is 21.4 Å². The third-order valence-corrected chi connectivity index (χ3v) is 5.78. The maximum atomic E-state index is 13.3. The molecule has 0 atom stereocenters. The highest BCUT2D eigenvalue weighted by molar-refractivity contribution is 9.10. The molecular weight excluding hydrogens is 438 g/mol. The van der Waals surface area contributed by atoms with Crippen LogP contribution in [0.25, 0.3) is 22.3 Å². The molecule has 150 valence electrons. The summed E-state index contributed by atoms with van der Waals surface area (Å²) in [4.78, 5) is 18.1. The predicted octanol–water partition coefficient (Wildman–Crippen LogP) is 5.89. The van der Waals surface area contributed by atoms with E-state index in [0.717, 1.165) is 22.0 Å². The number of benzene rings is 3. The van der Waals surface area contributed by atoms with E-state index in [4.69, 9.17) is 4.98 Å². The van der Waals surface area contributed by atoms with Gasteiger partial charge in [0.05, 0.1) is 17.1 Å². The molecule has 5 heteroatoms. The Morgan fingerprint density at radius 1 is 1.00 bits per heavy atom. The smallest absolute Gasteiger partial charge is 0.267 e. The molecule has 0 aliphatic heterocycles. The van der Waals surface area contributed by atoms with Gasteiger partial charge in [-0.05, 0) is 60.7 Å². The summed E-state index contributed by atoms with van der Waals surface area (Å²) in [6.45, 7) is 6.25. The van der Waals surface area contributed by atoms with Crippen LogP contribution >= 0.6 is 15.9 Å². The lowest BCUT2D eigenvalue weighted by Crippen LogP contribution is -2.20. The zero-order valence-corrected chi connectivity index (χ0v) is 18.8. The quantitative estimate of drug-likeness (QED) is 0.357. The van der Waals surface area contributed by atoms with E-state index in [1.807, 2.05) is 30.3 Å². The molecule has 0 saturated carbocycles. The monoisotopic (exact) mass is 459 g/mol. The molecule has 0 bridgehead atoms. The first kappa shape index (κ1) is 20.2. The van der Waals surface area contributed by atoms with Crippen LogP contribution in [0, 0.1) is 13.8 Å². The van der Waals surface area contributed by atoms with Crippen molar-refractivity contribution < 1.29 is 0 Å². The van der Waals surface area contributed by atoms with Crippen molar-refractivity contribution in [1.29, 1.82) is 0 Å². The van der Waals surface area contributed by atoms with Crippen molar-refractivity contribution in [3.8, 4) is 11.4 Å². The summed E-state index contributed by atoms with van der Waals surface area (Å²) < 4.78 is 2.23. The van der Waals surface area contributed by atoms with Crippen LogP contribution in [0.5, 0.6) is 0 Å². The number of halogens is 1. The molecule has 1 heterocycles. The minimum atomic E-state index is -0.198. The van der Waals surface area contributed by atoms with Gasteiger partial charge in [-0.3, -0.25) is 4.79 Å². The molecule has 0 N–H and O–H groups in total. The van der Waals surface area contributed by atoms with Gasteiger partial charge in [0.15, 0.2) is 5.82 Å². The van der Waals surface area contributed by atoms with Crippen molar-refractivity contribution >= 4 is 33.0 Å². The van der Waals surface area contributed by atoms with Gasteiger partial charge in [-0.25, -0.2) is 4.98 Å². The second kappa shape index (κ2) is 8.36. The van der Waals surface area contributed by atoms with Gasteiger partial charge in [-0.15, -0.1) is 0 Å². The zero-order chi connectivity index (χ0) is 21.3. The van der Waals surface area contributed by atoms with Crippen LogP contribution in [0.1, 0.15) is 29.2 Å². The minimum Gasteiger partial charge on any atom is -0.267 e. The van der Waals surface area contributed by atoms with Gasteiger partial charge in [-0.1, -0.05) is 65.3 Å². The Labute approximate surface area is 184 Å². The summed E-state index contributed by atoms with van der Waals surface area (Å²) in [6.07, 6.45) is 2.67. The maximum Gasteiger partial charge on any atom is 0.282 e. The third-order valence-electron chi connectivity index (χ3n) is 5.28. The van der Waals surface area contributed by atoms with Crippen LogP contribution in [0.4, 0.5) is 0 Å². The van der Waals surface area contributed by atoms with Gasteiger partial charge in [0.25, 0.3) is 5.56 Å². The van der Waals surface area contributed by atoms with E-state index < -0.39 is 0 Å². The number of rotatable bonds is 4. The zero-order valence-electron chi connectivity index (χ0n) is 17.2. The second-order valence-electron chi connectivity index (χ2n) is 7.35. The van der Waals surface area contributed by atoms with E-state index in [2.05, 4.69) is 66.1 Å². The van der Waals surface area contributed by atoms with Crippen molar-refractivity contribution in [2.75, 3.05) is 0 Å². The Morgan fingerprint density at radius 3 is 2.47 bits per heavy atom. The van der Waals surface area contributed by atoms with Gasteiger partial charge in [0.2, 0.25) is 0 Å². The van der Waals surface area contributed by atoms with E-state index >= 15 is 0 Å². The highest BCUT2D eigenvalue weighted by Gasteiger charge is 2.13. The molecule has 0 spiro atoms. The summed E-state index contributed by atoms with van der Waals surface area (Å²) >= 11 is 3.45. The highest BCUT2D eigenvalue weighted by Crippen LogP contribution is 2.22. The molecule has 4 nitrogen and oxygen atoms in total. The molecule has 3 aromatic carbocycles. The first-order valence-corrected chi connectivity index (χ1v) is 10.7. The fourth-order valence-electron chi connectivity index (χ4n) is 3.30. The topological polar surface area (TPSA) is 47.2 Å². The minimum absolute atomic E-state index is 0.198. The van der Waals surface area contributed by atoms with E-state index in [0.29, 0.717) is 16.7 Å². The van der Waals surface area contributed by atoms with Crippen molar-refractivity contribution in [1.82, 2.24) is 9.66 Å². The molecule has 4 aromatic rings. The summed E-state index contributed by atoms with van der Waals surface area (Å²) in [6, 6.07) is 19.7. The Kier molecular flexibility index (Phi) is 5.64. The van der Waals surface area contributed by atoms with Crippen molar-refractivity contribution in [3.05, 3.63) is 97.7 Å². The Morgan fingerprint density at radius 2 is 1.77 bits per heavy atom. The van der Waals surface area contributed by atoms with Gasteiger partial charge < -0.3 is 0 Å². The van der Waals surface area contributed by atoms with Crippen LogP contribution in [-0.4, -0.2) is 15.9 Å². The first-order chi connectivity index (χ1) is 14.5. The van der Waals surface area contributed by atoms with Gasteiger partial charge in [0, 0.05) is 10.0 Å². The average molecular weight is 460 g/mol. The Hall–Kier alpha value is -3.05.